The van der Waals surface area contributed by atoms with Gasteiger partial charge in [-0.25, -0.2) is 0 Å². The van der Waals surface area contributed by atoms with Gasteiger partial charge in [-0.3, -0.25) is 4.79 Å². The molecule has 86 valence electrons. The minimum atomic E-state index is -0.241. The van der Waals surface area contributed by atoms with Crippen molar-refractivity contribution in [3.8, 4) is 6.07 Å². The number of para-hydroxylation sites is 1. The molecular weight excluding hydrogens is 212 g/mol. The third kappa shape index (κ3) is 1.70. The van der Waals surface area contributed by atoms with Crippen LogP contribution in [-0.4, -0.2) is 12.5 Å². The number of hydrogen-bond acceptors (Lipinski definition) is 2. The highest BCUT2D eigenvalue weighted by Gasteiger charge is 2.39. The molecule has 0 bridgehead atoms. The number of carbonyl (C=O) groups excluding carboxylic acids is 1. The van der Waals surface area contributed by atoms with Crippen LogP contribution in [-0.2, 0) is 4.79 Å². The quantitative estimate of drug-likeness (QED) is 0.794. The molecule has 1 saturated carbocycles. The normalized spacial score (nSPS) is 22.4. The Morgan fingerprint density at radius 3 is 2.82 bits per heavy atom. The van der Waals surface area contributed by atoms with Gasteiger partial charge in [-0.15, -0.1) is 0 Å². The molecule has 0 saturated heterocycles. The van der Waals surface area contributed by atoms with Crippen molar-refractivity contribution in [1.82, 2.24) is 0 Å². The van der Waals surface area contributed by atoms with E-state index in [1.807, 2.05) is 29.2 Å². The molecule has 3 rings (SSSR count). The fourth-order valence-corrected chi connectivity index (χ4v) is 2.50. The Kier molecular flexibility index (Phi) is 2.36. The van der Waals surface area contributed by atoms with E-state index in [0.717, 1.165) is 17.8 Å². The number of fused-ring (bicyclic) bond motifs is 1. The first kappa shape index (κ1) is 10.3. The maximum atomic E-state index is 12.3. The van der Waals surface area contributed by atoms with Crippen LogP contribution >= 0.6 is 0 Å². The number of nitriles is 1. The third-order valence-electron chi connectivity index (χ3n) is 3.60. The van der Waals surface area contributed by atoms with Gasteiger partial charge in [-0.2, -0.15) is 5.26 Å². The summed E-state index contributed by atoms with van der Waals surface area (Å²) in [7, 11) is 0. The second kappa shape index (κ2) is 3.89. The molecular formula is C14H14N2O. The standard InChI is InChI=1S/C14H14N2O/c15-8-7-12-11-3-1-2-4-13(11)16(14(12)17)9-10-5-6-10/h1-4,10,12H,5-7,9H2. The fraction of sp³-hybridized carbons (Fsp3) is 0.429. The first-order chi connectivity index (χ1) is 8.31. The van der Waals surface area contributed by atoms with Crippen LogP contribution in [0.4, 0.5) is 5.69 Å². The molecule has 3 heteroatoms. The highest BCUT2D eigenvalue weighted by molar-refractivity contribution is 6.05. The summed E-state index contributed by atoms with van der Waals surface area (Å²) in [6.07, 6.45) is 2.75. The average Bonchev–Trinajstić information content (AvgIpc) is 3.12. The Bertz CT molecular complexity index is 499. The van der Waals surface area contributed by atoms with E-state index in [4.69, 9.17) is 5.26 Å². The Labute approximate surface area is 101 Å². The predicted octanol–water partition coefficient (Wildman–Crippen LogP) is 2.44. The number of benzene rings is 1. The average molecular weight is 226 g/mol. The topological polar surface area (TPSA) is 44.1 Å². The van der Waals surface area contributed by atoms with Crippen LogP contribution in [0.1, 0.15) is 30.7 Å². The molecule has 1 unspecified atom stereocenters. The molecule has 1 fully saturated rings. The molecule has 2 aliphatic rings. The van der Waals surface area contributed by atoms with E-state index in [1.165, 1.54) is 12.8 Å². The maximum Gasteiger partial charge on any atom is 0.235 e. The van der Waals surface area contributed by atoms with E-state index in [9.17, 15) is 4.79 Å². The maximum absolute atomic E-state index is 12.3. The van der Waals surface area contributed by atoms with Gasteiger partial charge in [0, 0.05) is 12.2 Å². The fourth-order valence-electron chi connectivity index (χ4n) is 2.50. The lowest BCUT2D eigenvalue weighted by Gasteiger charge is -2.17. The van der Waals surface area contributed by atoms with Gasteiger partial charge in [0.05, 0.1) is 18.4 Å². The first-order valence-corrected chi connectivity index (χ1v) is 6.08. The Morgan fingerprint density at radius 2 is 2.12 bits per heavy atom. The van der Waals surface area contributed by atoms with E-state index in [2.05, 4.69) is 6.07 Å². The summed E-state index contributed by atoms with van der Waals surface area (Å²) >= 11 is 0. The second-order valence-electron chi connectivity index (χ2n) is 4.87. The van der Waals surface area contributed by atoms with Gasteiger partial charge in [0.15, 0.2) is 0 Å². The summed E-state index contributed by atoms with van der Waals surface area (Å²) in [5.41, 5.74) is 2.05. The van der Waals surface area contributed by atoms with Gasteiger partial charge in [-0.05, 0) is 30.4 Å². The second-order valence-corrected chi connectivity index (χ2v) is 4.87. The zero-order valence-electron chi connectivity index (χ0n) is 9.60. The number of anilines is 1. The van der Waals surface area contributed by atoms with Crippen LogP contribution in [0.15, 0.2) is 24.3 Å². The third-order valence-corrected chi connectivity index (χ3v) is 3.60. The van der Waals surface area contributed by atoms with E-state index in [1.54, 1.807) is 0 Å². The van der Waals surface area contributed by atoms with Crippen LogP contribution in [0.5, 0.6) is 0 Å². The van der Waals surface area contributed by atoms with Crippen LogP contribution in [0.2, 0.25) is 0 Å². The summed E-state index contributed by atoms with van der Waals surface area (Å²) in [5, 5.41) is 8.83. The molecule has 0 spiro atoms. The minimum Gasteiger partial charge on any atom is -0.311 e. The van der Waals surface area contributed by atoms with Crippen molar-refractivity contribution in [1.29, 1.82) is 5.26 Å². The molecule has 1 heterocycles. The summed E-state index contributed by atoms with van der Waals surface area (Å²) < 4.78 is 0. The van der Waals surface area contributed by atoms with E-state index < -0.39 is 0 Å². The molecule has 1 aromatic rings. The van der Waals surface area contributed by atoms with Gasteiger partial charge < -0.3 is 4.90 Å². The minimum absolute atomic E-state index is 0.111. The molecule has 1 aromatic carbocycles. The largest absolute Gasteiger partial charge is 0.311 e. The zero-order chi connectivity index (χ0) is 11.8. The van der Waals surface area contributed by atoms with Gasteiger partial charge in [0.25, 0.3) is 0 Å². The Hall–Kier alpha value is -1.82. The molecule has 0 aromatic heterocycles. The van der Waals surface area contributed by atoms with Crippen LogP contribution < -0.4 is 4.90 Å². The van der Waals surface area contributed by atoms with Crippen molar-refractivity contribution < 1.29 is 4.79 Å². The van der Waals surface area contributed by atoms with Gasteiger partial charge in [-0.1, -0.05) is 18.2 Å². The summed E-state index contributed by atoms with van der Waals surface area (Å²) in [6.45, 7) is 0.831. The lowest BCUT2D eigenvalue weighted by molar-refractivity contribution is -0.119. The van der Waals surface area contributed by atoms with Crippen molar-refractivity contribution in [2.75, 3.05) is 11.4 Å². The lowest BCUT2D eigenvalue weighted by atomic mass is 9.98. The van der Waals surface area contributed by atoms with Crippen LogP contribution in [0, 0.1) is 17.2 Å². The predicted molar refractivity (Wildman–Crippen MR) is 64.5 cm³/mol. The van der Waals surface area contributed by atoms with Crippen LogP contribution in [0.25, 0.3) is 0 Å². The van der Waals surface area contributed by atoms with Crippen molar-refractivity contribution >= 4 is 11.6 Å². The molecule has 0 N–H and O–H groups in total. The molecule has 0 radical (unpaired) electrons. The van der Waals surface area contributed by atoms with Crippen molar-refractivity contribution in [2.45, 2.75) is 25.2 Å². The number of rotatable bonds is 3. The number of nitrogens with zero attached hydrogens (tertiary/aromatic N) is 2. The lowest BCUT2D eigenvalue weighted by Crippen LogP contribution is -2.30. The smallest absolute Gasteiger partial charge is 0.235 e. The SMILES string of the molecule is N#CCC1C(=O)N(CC2CC2)c2ccccc21. The van der Waals surface area contributed by atoms with E-state index in [0.29, 0.717) is 5.92 Å². The Morgan fingerprint density at radius 1 is 1.35 bits per heavy atom. The van der Waals surface area contributed by atoms with Crippen molar-refractivity contribution in [3.05, 3.63) is 29.8 Å². The van der Waals surface area contributed by atoms with E-state index >= 15 is 0 Å². The highest BCUT2D eigenvalue weighted by atomic mass is 16.2. The van der Waals surface area contributed by atoms with Gasteiger partial charge in [0.2, 0.25) is 5.91 Å². The van der Waals surface area contributed by atoms with Gasteiger partial charge in [0.1, 0.15) is 0 Å². The Balaban J connectivity index is 1.96. The van der Waals surface area contributed by atoms with Crippen molar-refractivity contribution in [3.63, 3.8) is 0 Å². The number of hydrogen-bond donors (Lipinski definition) is 0. The van der Waals surface area contributed by atoms with Gasteiger partial charge >= 0.3 is 0 Å². The summed E-state index contributed by atoms with van der Waals surface area (Å²) in [5.74, 6) is 0.544. The monoisotopic (exact) mass is 226 g/mol. The van der Waals surface area contributed by atoms with E-state index in [-0.39, 0.29) is 18.2 Å². The molecule has 1 aliphatic heterocycles. The highest BCUT2D eigenvalue weighted by Crippen LogP contribution is 2.41. The summed E-state index contributed by atoms with van der Waals surface area (Å²) in [4.78, 5) is 14.2. The zero-order valence-corrected chi connectivity index (χ0v) is 9.60. The summed E-state index contributed by atoms with van der Waals surface area (Å²) in [6, 6.07) is 9.99. The molecule has 3 nitrogen and oxygen atoms in total. The van der Waals surface area contributed by atoms with Crippen LogP contribution in [0.3, 0.4) is 0 Å². The first-order valence-electron chi connectivity index (χ1n) is 6.08. The molecule has 1 amide bonds. The molecule has 1 atom stereocenters. The van der Waals surface area contributed by atoms with Crippen molar-refractivity contribution in [2.24, 2.45) is 5.92 Å². The number of carbonyl (C=O) groups is 1. The molecule has 1 aliphatic carbocycles. The molecule has 17 heavy (non-hydrogen) atoms. The number of amides is 1.